The fraction of sp³-hybridized carbons (Fsp3) is 0.750. The molecular weight excluding hydrogens is 141 g/mol. The molecule has 4 nitrogen and oxygen atoms in total. The molecule has 0 radical (unpaired) electrons. The molecule has 0 aromatic rings. The van der Waals surface area contributed by atoms with Gasteiger partial charge < -0.3 is 9.73 Å². The highest BCUT2D eigenvalue weighted by Crippen LogP contribution is 2.45. The maximum absolute atomic E-state index is 10.8. The summed E-state index contributed by atoms with van der Waals surface area (Å²) in [5.41, 5.74) is 0. The van der Waals surface area contributed by atoms with Gasteiger partial charge in [0, 0.05) is 19.3 Å². The number of hydrogen-bond acceptors (Lipinski definition) is 3. The molecule has 0 fully saturated rings. The minimum Gasteiger partial charge on any atom is -0.382 e. The molecule has 0 saturated carbocycles. The number of oxime groups is 1. The fourth-order valence-corrected chi connectivity index (χ4v) is 1.29. The first kappa shape index (κ1) is 6.78. The number of hydrogen-bond donors (Lipinski definition) is 1. The molecule has 1 aliphatic rings. The molecule has 2 atom stereocenters. The summed E-state index contributed by atoms with van der Waals surface area (Å²) in [6.45, 7) is 1.27. The van der Waals surface area contributed by atoms with Crippen LogP contribution < -0.4 is 0 Å². The summed E-state index contributed by atoms with van der Waals surface area (Å²) in [6.07, 6.45) is 1.95. The minimum atomic E-state index is -3.06. The molecule has 52 valence electrons. The van der Waals surface area contributed by atoms with Crippen molar-refractivity contribution in [1.29, 1.82) is 0 Å². The van der Waals surface area contributed by atoms with Crippen LogP contribution >= 0.6 is 7.37 Å². The summed E-state index contributed by atoms with van der Waals surface area (Å²) in [4.78, 5) is 13.4. The van der Waals surface area contributed by atoms with Crippen molar-refractivity contribution in [3.05, 3.63) is 0 Å². The molecule has 0 bridgehead atoms. The van der Waals surface area contributed by atoms with Crippen molar-refractivity contribution in [1.82, 2.24) is 0 Å². The molecule has 1 N–H and O–H groups in total. The van der Waals surface area contributed by atoms with Gasteiger partial charge in [0.15, 0.2) is 0 Å². The van der Waals surface area contributed by atoms with Gasteiger partial charge in [-0.1, -0.05) is 5.16 Å². The Labute approximate surface area is 53.0 Å². The molecule has 1 heterocycles. The van der Waals surface area contributed by atoms with Gasteiger partial charge in [-0.05, 0) is 0 Å². The summed E-state index contributed by atoms with van der Waals surface area (Å²) in [5.74, 6) is -0.600. The lowest BCUT2D eigenvalue weighted by atomic mass is 10.5. The highest BCUT2D eigenvalue weighted by molar-refractivity contribution is 7.57. The highest BCUT2D eigenvalue weighted by atomic mass is 31.2. The van der Waals surface area contributed by atoms with E-state index in [2.05, 4.69) is 9.99 Å². The van der Waals surface area contributed by atoms with E-state index in [1.54, 1.807) is 0 Å². The van der Waals surface area contributed by atoms with Gasteiger partial charge in [0.05, 0.1) is 0 Å². The van der Waals surface area contributed by atoms with Crippen molar-refractivity contribution in [2.75, 3.05) is 6.66 Å². The van der Waals surface area contributed by atoms with E-state index < -0.39 is 13.2 Å². The molecule has 9 heavy (non-hydrogen) atoms. The standard InChI is InChI=1S/C4H8NO3P/c1-9(6,7)4-2-3-5-8-4/h3-4H,2H2,1H3,(H,6,7). The Balaban J connectivity index is 2.56. The molecule has 1 aliphatic heterocycles. The zero-order valence-electron chi connectivity index (χ0n) is 5.02. The van der Waals surface area contributed by atoms with E-state index in [9.17, 15) is 4.57 Å². The van der Waals surface area contributed by atoms with Gasteiger partial charge >= 0.3 is 0 Å². The molecule has 1 rings (SSSR count). The van der Waals surface area contributed by atoms with E-state index in [4.69, 9.17) is 4.89 Å². The predicted octanol–water partition coefficient (Wildman–Crippen LogP) is 0.619. The van der Waals surface area contributed by atoms with Gasteiger partial charge in [0.1, 0.15) is 0 Å². The lowest BCUT2D eigenvalue weighted by Crippen LogP contribution is -2.04. The largest absolute Gasteiger partial charge is 0.382 e. The predicted molar refractivity (Wildman–Crippen MR) is 33.7 cm³/mol. The summed E-state index contributed by atoms with van der Waals surface area (Å²) in [7, 11) is -3.06. The Morgan fingerprint density at radius 2 is 2.67 bits per heavy atom. The smallest absolute Gasteiger partial charge is 0.240 e. The molecule has 2 unspecified atom stereocenters. The highest BCUT2D eigenvalue weighted by Gasteiger charge is 2.29. The van der Waals surface area contributed by atoms with Crippen molar-refractivity contribution in [2.45, 2.75) is 12.3 Å². The van der Waals surface area contributed by atoms with Crippen molar-refractivity contribution in [3.8, 4) is 0 Å². The Morgan fingerprint density at radius 1 is 2.00 bits per heavy atom. The van der Waals surface area contributed by atoms with Gasteiger partial charge in [-0.2, -0.15) is 0 Å². The molecule has 0 saturated heterocycles. The first-order valence-electron chi connectivity index (χ1n) is 2.58. The average Bonchev–Trinajstić information content (AvgIpc) is 2.08. The van der Waals surface area contributed by atoms with E-state index in [0.717, 1.165) is 0 Å². The minimum absolute atomic E-state index is 0.449. The SMILES string of the molecule is CP(=O)(O)C1CC=NO1. The van der Waals surface area contributed by atoms with Crippen LogP contribution in [0.4, 0.5) is 0 Å². The normalized spacial score (nSPS) is 31.6. The van der Waals surface area contributed by atoms with Gasteiger partial charge in [-0.15, -0.1) is 0 Å². The zero-order chi connectivity index (χ0) is 6.91. The molecule has 5 heteroatoms. The van der Waals surface area contributed by atoms with Crippen LogP contribution in [-0.2, 0) is 9.40 Å². The Hall–Kier alpha value is -0.340. The molecular formula is C4H8NO3P. The Bertz CT molecular complexity index is 165. The van der Waals surface area contributed by atoms with E-state index in [-0.39, 0.29) is 0 Å². The first-order chi connectivity index (χ1) is 4.11. The van der Waals surface area contributed by atoms with Crippen LogP contribution in [0.2, 0.25) is 0 Å². The van der Waals surface area contributed by atoms with Crippen molar-refractivity contribution < 1.29 is 14.3 Å². The van der Waals surface area contributed by atoms with E-state index in [1.807, 2.05) is 0 Å². The number of rotatable bonds is 1. The first-order valence-corrected chi connectivity index (χ1v) is 4.76. The second-order valence-corrected chi connectivity index (χ2v) is 4.49. The van der Waals surface area contributed by atoms with Gasteiger partial charge in [0.25, 0.3) is 0 Å². The maximum atomic E-state index is 10.8. The summed E-state index contributed by atoms with van der Waals surface area (Å²) in [5, 5.41) is 3.37. The van der Waals surface area contributed by atoms with Crippen molar-refractivity contribution >= 4 is 13.6 Å². The van der Waals surface area contributed by atoms with Crippen molar-refractivity contribution in [3.63, 3.8) is 0 Å². The van der Waals surface area contributed by atoms with E-state index in [1.165, 1.54) is 12.9 Å². The second-order valence-electron chi connectivity index (χ2n) is 2.03. The third kappa shape index (κ3) is 1.53. The van der Waals surface area contributed by atoms with Gasteiger partial charge in [-0.25, -0.2) is 0 Å². The molecule has 0 amide bonds. The monoisotopic (exact) mass is 149 g/mol. The van der Waals surface area contributed by atoms with Gasteiger partial charge in [0.2, 0.25) is 13.2 Å². The molecule has 0 aliphatic carbocycles. The molecule has 0 aromatic heterocycles. The second kappa shape index (κ2) is 2.12. The third-order valence-electron chi connectivity index (χ3n) is 1.10. The maximum Gasteiger partial charge on any atom is 0.240 e. The van der Waals surface area contributed by atoms with Crippen LogP contribution in [0.15, 0.2) is 5.16 Å². The summed E-state index contributed by atoms with van der Waals surface area (Å²) >= 11 is 0. The molecule has 0 spiro atoms. The third-order valence-corrected chi connectivity index (χ3v) is 2.47. The van der Waals surface area contributed by atoms with Crippen LogP contribution in [0, 0.1) is 0 Å². The number of nitrogens with zero attached hydrogens (tertiary/aromatic N) is 1. The summed E-state index contributed by atoms with van der Waals surface area (Å²) in [6, 6.07) is 0. The van der Waals surface area contributed by atoms with Crippen LogP contribution in [0.3, 0.4) is 0 Å². The van der Waals surface area contributed by atoms with Gasteiger partial charge in [-0.3, -0.25) is 4.57 Å². The van der Waals surface area contributed by atoms with E-state index >= 15 is 0 Å². The lowest BCUT2D eigenvalue weighted by Gasteiger charge is -2.09. The Morgan fingerprint density at radius 3 is 2.89 bits per heavy atom. The fourth-order valence-electron chi connectivity index (χ4n) is 0.573. The lowest BCUT2D eigenvalue weighted by molar-refractivity contribution is 0.131. The van der Waals surface area contributed by atoms with Crippen LogP contribution in [0.25, 0.3) is 0 Å². The topological polar surface area (TPSA) is 58.9 Å². The van der Waals surface area contributed by atoms with Crippen molar-refractivity contribution in [2.24, 2.45) is 5.16 Å². The van der Waals surface area contributed by atoms with Crippen LogP contribution in [-0.4, -0.2) is 23.6 Å². The quantitative estimate of drug-likeness (QED) is 0.556. The summed E-state index contributed by atoms with van der Waals surface area (Å²) < 4.78 is 10.8. The average molecular weight is 149 g/mol. The zero-order valence-corrected chi connectivity index (χ0v) is 5.91. The molecule has 0 aromatic carbocycles. The van der Waals surface area contributed by atoms with E-state index in [0.29, 0.717) is 6.42 Å². The van der Waals surface area contributed by atoms with Crippen LogP contribution in [0.1, 0.15) is 6.42 Å². The van der Waals surface area contributed by atoms with Crippen LogP contribution in [0.5, 0.6) is 0 Å². The Kier molecular flexibility index (Phi) is 1.60.